The van der Waals surface area contributed by atoms with E-state index in [0.29, 0.717) is 0 Å². The SMILES string of the molecule is Cn1nccc1Cn1cc[nH]c1=S. The quantitative estimate of drug-likeness (QED) is 0.732. The van der Waals surface area contributed by atoms with Crippen molar-refractivity contribution in [3.63, 3.8) is 0 Å². The fraction of sp³-hybridized carbons (Fsp3) is 0.250. The highest BCUT2D eigenvalue weighted by atomic mass is 32.1. The highest BCUT2D eigenvalue weighted by Gasteiger charge is 1.99. The fourth-order valence-electron chi connectivity index (χ4n) is 1.20. The molecular weight excluding hydrogens is 184 g/mol. The van der Waals surface area contributed by atoms with Gasteiger partial charge in [0.15, 0.2) is 4.77 Å². The third-order valence-corrected chi connectivity index (χ3v) is 2.33. The van der Waals surface area contributed by atoms with E-state index in [-0.39, 0.29) is 0 Å². The van der Waals surface area contributed by atoms with Crippen LogP contribution in [0.25, 0.3) is 0 Å². The number of nitrogens with one attached hydrogen (secondary N) is 1. The minimum atomic E-state index is 0.737. The Bertz CT molecular complexity index is 450. The Hall–Kier alpha value is -1.36. The lowest BCUT2D eigenvalue weighted by Crippen LogP contribution is -2.04. The summed E-state index contributed by atoms with van der Waals surface area (Å²) in [4.78, 5) is 2.95. The molecule has 0 spiro atoms. The van der Waals surface area contributed by atoms with E-state index in [4.69, 9.17) is 12.2 Å². The van der Waals surface area contributed by atoms with Crippen LogP contribution in [0.1, 0.15) is 5.69 Å². The molecule has 0 aliphatic rings. The first kappa shape index (κ1) is 8.25. The summed E-state index contributed by atoms with van der Waals surface area (Å²) in [6.45, 7) is 0.763. The van der Waals surface area contributed by atoms with Gasteiger partial charge in [-0.25, -0.2) is 0 Å². The average molecular weight is 194 g/mol. The van der Waals surface area contributed by atoms with Crippen LogP contribution in [-0.4, -0.2) is 19.3 Å². The normalized spacial score (nSPS) is 10.5. The minimum Gasteiger partial charge on any atom is -0.337 e. The Kier molecular flexibility index (Phi) is 2.02. The Morgan fingerprint density at radius 2 is 2.46 bits per heavy atom. The van der Waals surface area contributed by atoms with Crippen molar-refractivity contribution in [2.75, 3.05) is 0 Å². The molecule has 0 unspecified atom stereocenters. The Morgan fingerprint density at radius 1 is 1.62 bits per heavy atom. The van der Waals surface area contributed by atoms with E-state index in [1.165, 1.54) is 0 Å². The molecule has 2 aromatic heterocycles. The van der Waals surface area contributed by atoms with Crippen molar-refractivity contribution in [2.24, 2.45) is 7.05 Å². The average Bonchev–Trinajstić information content (AvgIpc) is 2.65. The van der Waals surface area contributed by atoms with Gasteiger partial charge in [-0.3, -0.25) is 4.68 Å². The zero-order chi connectivity index (χ0) is 9.26. The molecule has 0 aromatic carbocycles. The largest absolute Gasteiger partial charge is 0.337 e. The molecule has 5 heteroatoms. The number of rotatable bonds is 2. The van der Waals surface area contributed by atoms with Crippen molar-refractivity contribution in [2.45, 2.75) is 6.54 Å². The zero-order valence-electron chi connectivity index (χ0n) is 7.27. The molecule has 68 valence electrons. The Balaban J connectivity index is 2.29. The maximum absolute atomic E-state index is 5.08. The molecule has 2 heterocycles. The maximum Gasteiger partial charge on any atom is 0.177 e. The number of aromatic nitrogens is 4. The van der Waals surface area contributed by atoms with Crippen molar-refractivity contribution < 1.29 is 0 Å². The van der Waals surface area contributed by atoms with Gasteiger partial charge in [0.2, 0.25) is 0 Å². The lowest BCUT2D eigenvalue weighted by atomic mass is 10.4. The molecule has 2 aromatic rings. The molecule has 0 bridgehead atoms. The van der Waals surface area contributed by atoms with E-state index >= 15 is 0 Å². The van der Waals surface area contributed by atoms with Crippen LogP contribution < -0.4 is 0 Å². The van der Waals surface area contributed by atoms with Gasteiger partial charge in [0, 0.05) is 25.6 Å². The lowest BCUT2D eigenvalue weighted by Gasteiger charge is -2.02. The second-order valence-electron chi connectivity index (χ2n) is 2.84. The zero-order valence-corrected chi connectivity index (χ0v) is 8.08. The number of aryl methyl sites for hydroxylation is 1. The summed E-state index contributed by atoms with van der Waals surface area (Å²) in [5, 5.41) is 4.09. The first-order valence-corrected chi connectivity index (χ1v) is 4.39. The van der Waals surface area contributed by atoms with Crippen LogP contribution in [0.5, 0.6) is 0 Å². The van der Waals surface area contributed by atoms with Crippen molar-refractivity contribution in [3.05, 3.63) is 35.1 Å². The highest BCUT2D eigenvalue weighted by molar-refractivity contribution is 7.71. The van der Waals surface area contributed by atoms with Crippen LogP contribution in [0.3, 0.4) is 0 Å². The predicted octanol–water partition coefficient (Wildman–Crippen LogP) is 1.33. The van der Waals surface area contributed by atoms with Crippen LogP contribution in [0, 0.1) is 4.77 Å². The van der Waals surface area contributed by atoms with Crippen LogP contribution in [0.15, 0.2) is 24.7 Å². The van der Waals surface area contributed by atoms with E-state index < -0.39 is 0 Å². The molecule has 1 N–H and O–H groups in total. The number of imidazole rings is 1. The van der Waals surface area contributed by atoms with Crippen LogP contribution in [0.4, 0.5) is 0 Å². The number of nitrogens with zero attached hydrogens (tertiary/aromatic N) is 3. The van der Waals surface area contributed by atoms with E-state index in [2.05, 4.69) is 10.1 Å². The van der Waals surface area contributed by atoms with Gasteiger partial charge < -0.3 is 9.55 Å². The van der Waals surface area contributed by atoms with E-state index in [0.717, 1.165) is 17.0 Å². The van der Waals surface area contributed by atoms with Gasteiger partial charge in [-0.2, -0.15) is 5.10 Å². The van der Waals surface area contributed by atoms with E-state index in [1.807, 2.05) is 34.8 Å². The number of hydrogen-bond acceptors (Lipinski definition) is 2. The number of hydrogen-bond donors (Lipinski definition) is 1. The summed E-state index contributed by atoms with van der Waals surface area (Å²) < 4.78 is 4.54. The molecule has 0 radical (unpaired) electrons. The molecule has 0 saturated heterocycles. The first-order valence-electron chi connectivity index (χ1n) is 3.98. The molecule has 0 amide bonds. The highest BCUT2D eigenvalue weighted by Crippen LogP contribution is 2.01. The van der Waals surface area contributed by atoms with Gasteiger partial charge in [-0.15, -0.1) is 0 Å². The van der Waals surface area contributed by atoms with Crippen molar-refractivity contribution in [1.82, 2.24) is 19.3 Å². The fourth-order valence-corrected chi connectivity index (χ4v) is 1.40. The summed E-state index contributed by atoms with van der Waals surface area (Å²) in [6.07, 6.45) is 5.54. The second kappa shape index (κ2) is 3.18. The second-order valence-corrected chi connectivity index (χ2v) is 3.23. The molecule has 13 heavy (non-hydrogen) atoms. The van der Waals surface area contributed by atoms with E-state index in [9.17, 15) is 0 Å². The Morgan fingerprint density at radius 3 is 3.00 bits per heavy atom. The van der Waals surface area contributed by atoms with Crippen LogP contribution in [-0.2, 0) is 13.6 Å². The van der Waals surface area contributed by atoms with Crippen molar-refractivity contribution in [3.8, 4) is 0 Å². The van der Waals surface area contributed by atoms with Gasteiger partial charge in [-0.05, 0) is 18.3 Å². The summed E-state index contributed by atoms with van der Waals surface area (Å²) >= 11 is 5.08. The summed E-state index contributed by atoms with van der Waals surface area (Å²) in [5.41, 5.74) is 1.13. The molecule has 0 atom stereocenters. The monoisotopic (exact) mass is 194 g/mol. The molecule has 4 nitrogen and oxygen atoms in total. The molecule has 0 aliphatic heterocycles. The molecular formula is C8H10N4S. The van der Waals surface area contributed by atoms with Gasteiger partial charge in [0.1, 0.15) is 0 Å². The summed E-state index contributed by atoms with van der Waals surface area (Å²) in [7, 11) is 1.92. The topological polar surface area (TPSA) is 38.5 Å². The standard InChI is InChI=1S/C8H10N4S/c1-11-7(2-3-10-11)6-12-5-4-9-8(12)13/h2-5H,6H2,1H3,(H,9,13). The summed E-state index contributed by atoms with van der Waals surface area (Å²) in [5.74, 6) is 0. The molecule has 0 aliphatic carbocycles. The molecule has 0 saturated carbocycles. The van der Waals surface area contributed by atoms with Gasteiger partial charge in [-0.1, -0.05) is 0 Å². The minimum absolute atomic E-state index is 0.737. The van der Waals surface area contributed by atoms with Crippen molar-refractivity contribution >= 4 is 12.2 Å². The summed E-state index contributed by atoms with van der Waals surface area (Å²) in [6, 6.07) is 1.98. The van der Waals surface area contributed by atoms with Gasteiger partial charge >= 0.3 is 0 Å². The number of H-pyrrole nitrogens is 1. The lowest BCUT2D eigenvalue weighted by molar-refractivity contribution is 0.662. The van der Waals surface area contributed by atoms with Crippen molar-refractivity contribution in [1.29, 1.82) is 0 Å². The molecule has 2 rings (SSSR count). The maximum atomic E-state index is 5.08. The predicted molar refractivity (Wildman–Crippen MR) is 51.9 cm³/mol. The molecule has 0 fully saturated rings. The smallest absolute Gasteiger partial charge is 0.177 e. The van der Waals surface area contributed by atoms with Crippen LogP contribution >= 0.6 is 12.2 Å². The van der Waals surface area contributed by atoms with E-state index in [1.54, 1.807) is 6.20 Å². The number of aromatic amines is 1. The first-order chi connectivity index (χ1) is 6.27. The van der Waals surface area contributed by atoms with Crippen LogP contribution in [0.2, 0.25) is 0 Å². The van der Waals surface area contributed by atoms with Gasteiger partial charge in [0.25, 0.3) is 0 Å². The Labute approximate surface area is 80.8 Å². The third kappa shape index (κ3) is 1.55. The van der Waals surface area contributed by atoms with Gasteiger partial charge in [0.05, 0.1) is 12.2 Å². The third-order valence-electron chi connectivity index (χ3n) is 1.98.